The Bertz CT molecular complexity index is 560. The first-order chi connectivity index (χ1) is 11.0. The number of hydrogen-bond donors (Lipinski definition) is 4. The van der Waals surface area contributed by atoms with Gasteiger partial charge in [-0.2, -0.15) is 0 Å². The van der Waals surface area contributed by atoms with Crippen LogP contribution in [0.2, 0.25) is 0 Å². The van der Waals surface area contributed by atoms with Gasteiger partial charge in [-0.15, -0.1) is 0 Å². The molecule has 0 bridgehead atoms. The van der Waals surface area contributed by atoms with E-state index in [0.29, 0.717) is 0 Å². The molecule has 0 atom stereocenters. The second-order valence-corrected chi connectivity index (χ2v) is 3.94. The van der Waals surface area contributed by atoms with E-state index >= 15 is 0 Å². The number of aliphatic carboxylic acids is 3. The highest BCUT2D eigenvalue weighted by Gasteiger charge is 2.08. The minimum Gasteiger partial charge on any atom is -0.545 e. The molecule has 0 radical (unpaired) electrons. The molecule has 0 unspecified atom stereocenters. The molecular formula is C14H16O10. The van der Waals surface area contributed by atoms with Crippen molar-refractivity contribution < 1.29 is 50.9 Å². The topological polar surface area (TPSA) is 189 Å². The zero-order valence-corrected chi connectivity index (χ0v) is 12.5. The summed E-state index contributed by atoms with van der Waals surface area (Å²) in [6, 6.07) is 5.31. The highest BCUT2D eigenvalue weighted by atomic mass is 16.4. The number of carbonyl (C=O) groups excluding carboxylic acids is 1. The molecule has 1 rings (SSSR count). The summed E-state index contributed by atoms with van der Waals surface area (Å²) in [7, 11) is 0. The van der Waals surface area contributed by atoms with Crippen molar-refractivity contribution in [3.05, 3.63) is 35.4 Å². The van der Waals surface area contributed by atoms with E-state index in [0.717, 1.165) is 6.92 Å². The number of carboxylic acid groups (broad SMARTS) is 5. The van der Waals surface area contributed by atoms with Crippen molar-refractivity contribution in [2.24, 2.45) is 0 Å². The molecule has 0 aliphatic heterocycles. The average molecular weight is 344 g/mol. The predicted molar refractivity (Wildman–Crippen MR) is 76.7 cm³/mol. The highest BCUT2D eigenvalue weighted by molar-refractivity contribution is 6.00. The van der Waals surface area contributed by atoms with Crippen LogP contribution in [0.5, 0.6) is 0 Å². The fourth-order valence-electron chi connectivity index (χ4n) is 1.06. The summed E-state index contributed by atoms with van der Waals surface area (Å²) in [5.41, 5.74) is -0.553. The zero-order chi connectivity index (χ0) is 19.3. The van der Waals surface area contributed by atoms with Gasteiger partial charge in [-0.3, -0.25) is 14.4 Å². The van der Waals surface area contributed by atoms with Gasteiger partial charge in [0, 0.05) is 12.5 Å². The minimum absolute atomic E-state index is 0. The molecule has 0 saturated carbocycles. The van der Waals surface area contributed by atoms with Crippen LogP contribution in [0.25, 0.3) is 0 Å². The van der Waals surface area contributed by atoms with Crippen LogP contribution < -0.4 is 5.11 Å². The van der Waals surface area contributed by atoms with Crippen LogP contribution in [-0.2, 0) is 14.4 Å². The van der Waals surface area contributed by atoms with Crippen molar-refractivity contribution >= 4 is 29.8 Å². The Hall–Kier alpha value is -3.43. The van der Waals surface area contributed by atoms with Gasteiger partial charge in [-0.05, 0) is 6.07 Å². The molecule has 0 heterocycles. The molecule has 1 aromatic carbocycles. The lowest BCUT2D eigenvalue weighted by molar-refractivity contribution is -0.255. The van der Waals surface area contributed by atoms with Gasteiger partial charge in [-0.25, -0.2) is 4.79 Å². The minimum atomic E-state index is -1.48. The SMILES string of the molecule is CC(=O)O.O=C(O)CCC(=O)O.O=C([O-])c1ccccc1C(=O)O.[H+]. The van der Waals surface area contributed by atoms with Gasteiger partial charge in [0.1, 0.15) is 0 Å². The van der Waals surface area contributed by atoms with E-state index in [4.69, 9.17) is 25.2 Å². The second-order valence-electron chi connectivity index (χ2n) is 3.94. The third kappa shape index (κ3) is 13.5. The largest absolute Gasteiger partial charge is 1.00 e. The Labute approximate surface area is 137 Å². The molecule has 132 valence electrons. The number of aromatic carboxylic acids is 2. The Morgan fingerprint density at radius 1 is 0.875 bits per heavy atom. The first-order valence-electron chi connectivity index (χ1n) is 6.15. The molecule has 0 aliphatic carbocycles. The fourth-order valence-corrected chi connectivity index (χ4v) is 1.06. The van der Waals surface area contributed by atoms with Gasteiger partial charge in [-0.1, -0.05) is 18.2 Å². The molecule has 0 spiro atoms. The van der Waals surface area contributed by atoms with Crippen molar-refractivity contribution in [2.45, 2.75) is 19.8 Å². The smallest absolute Gasteiger partial charge is 0.545 e. The van der Waals surface area contributed by atoms with Crippen LogP contribution in [0, 0.1) is 0 Å². The van der Waals surface area contributed by atoms with Crippen molar-refractivity contribution in [2.75, 3.05) is 0 Å². The van der Waals surface area contributed by atoms with Crippen LogP contribution in [0.3, 0.4) is 0 Å². The normalized spacial score (nSPS) is 8.54. The lowest BCUT2D eigenvalue weighted by atomic mass is 10.1. The Morgan fingerprint density at radius 2 is 1.21 bits per heavy atom. The maximum atomic E-state index is 10.4. The molecule has 4 N–H and O–H groups in total. The summed E-state index contributed by atoms with van der Waals surface area (Å²) in [6.07, 6.45) is -0.593. The quantitative estimate of drug-likeness (QED) is 0.560. The summed E-state index contributed by atoms with van der Waals surface area (Å²) < 4.78 is 0. The van der Waals surface area contributed by atoms with E-state index in [1.54, 1.807) is 0 Å². The van der Waals surface area contributed by atoms with Gasteiger partial charge >= 0.3 is 19.3 Å². The van der Waals surface area contributed by atoms with E-state index < -0.39 is 29.8 Å². The van der Waals surface area contributed by atoms with Crippen LogP contribution in [0.15, 0.2) is 24.3 Å². The summed E-state index contributed by atoms with van der Waals surface area (Å²) in [5.74, 6) is -5.73. The number of carboxylic acids is 5. The molecule has 0 amide bonds. The number of benzene rings is 1. The summed E-state index contributed by atoms with van der Waals surface area (Å²) in [5, 5.41) is 42.1. The number of rotatable bonds is 5. The lowest BCUT2D eigenvalue weighted by Gasteiger charge is -2.04. The van der Waals surface area contributed by atoms with Crippen molar-refractivity contribution in [3.63, 3.8) is 0 Å². The molecule has 10 heteroatoms. The molecule has 24 heavy (non-hydrogen) atoms. The molecular weight excluding hydrogens is 328 g/mol. The van der Waals surface area contributed by atoms with Gasteiger partial charge in [0.2, 0.25) is 0 Å². The first kappa shape index (κ1) is 22.8. The van der Waals surface area contributed by atoms with Crippen molar-refractivity contribution in [1.29, 1.82) is 0 Å². The first-order valence-corrected chi connectivity index (χ1v) is 6.15. The van der Waals surface area contributed by atoms with Gasteiger partial charge in [0.05, 0.1) is 24.4 Å². The summed E-state index contributed by atoms with van der Waals surface area (Å²) >= 11 is 0. The van der Waals surface area contributed by atoms with Crippen LogP contribution in [0.4, 0.5) is 0 Å². The van der Waals surface area contributed by atoms with E-state index in [1.165, 1.54) is 24.3 Å². The average Bonchev–Trinajstić information content (AvgIpc) is 2.45. The maximum Gasteiger partial charge on any atom is 1.00 e. The molecule has 1 aromatic rings. The van der Waals surface area contributed by atoms with Crippen molar-refractivity contribution in [1.82, 2.24) is 0 Å². The molecule has 0 aliphatic rings. The Balaban J connectivity index is -0.000000325. The molecule has 0 aromatic heterocycles. The molecule has 10 nitrogen and oxygen atoms in total. The van der Waals surface area contributed by atoms with Gasteiger partial charge < -0.3 is 30.3 Å². The summed E-state index contributed by atoms with van der Waals surface area (Å²) in [6.45, 7) is 1.08. The zero-order valence-electron chi connectivity index (χ0n) is 13.5. The predicted octanol–water partition coefficient (Wildman–Crippen LogP) is -0.112. The van der Waals surface area contributed by atoms with Gasteiger partial charge in [0.25, 0.3) is 5.97 Å². The van der Waals surface area contributed by atoms with E-state index in [1.807, 2.05) is 0 Å². The third-order valence-corrected chi connectivity index (χ3v) is 1.93. The standard InChI is InChI=1S/C8H6O4.C4H6O4.C2H4O2/c9-7(10)5-3-1-2-4-6(5)8(11)12;5-3(6)1-2-4(7)8;1-2(3)4/h1-4H,(H,9,10)(H,11,12);1-2H2,(H,5,6)(H,7,8);1H3,(H,3,4). The second kappa shape index (κ2) is 12.1. The summed E-state index contributed by atoms with van der Waals surface area (Å²) in [4.78, 5) is 49.1. The molecule has 0 saturated heterocycles. The maximum absolute atomic E-state index is 10.4. The fraction of sp³-hybridized carbons (Fsp3) is 0.214. The van der Waals surface area contributed by atoms with Crippen LogP contribution in [0.1, 0.15) is 41.9 Å². The number of hydrogen-bond acceptors (Lipinski definition) is 6. The lowest BCUT2D eigenvalue weighted by Crippen LogP contribution is -2.24. The Morgan fingerprint density at radius 3 is 1.42 bits per heavy atom. The van der Waals surface area contributed by atoms with E-state index in [2.05, 4.69) is 0 Å². The van der Waals surface area contributed by atoms with Gasteiger partial charge in [0.15, 0.2) is 0 Å². The van der Waals surface area contributed by atoms with Crippen molar-refractivity contribution in [3.8, 4) is 0 Å². The van der Waals surface area contributed by atoms with E-state index in [-0.39, 0.29) is 25.4 Å². The van der Waals surface area contributed by atoms with Crippen LogP contribution in [-0.4, -0.2) is 50.3 Å². The molecule has 0 fully saturated rings. The van der Waals surface area contributed by atoms with Crippen LogP contribution >= 0.6 is 0 Å². The van der Waals surface area contributed by atoms with E-state index in [9.17, 15) is 24.3 Å². The monoisotopic (exact) mass is 344 g/mol. The Kier molecular flexibility index (Phi) is 11.6. The number of carbonyl (C=O) groups is 5. The highest BCUT2D eigenvalue weighted by Crippen LogP contribution is 2.06. The third-order valence-electron chi connectivity index (χ3n) is 1.93.